The van der Waals surface area contributed by atoms with Crippen molar-refractivity contribution >= 4 is 23.1 Å². The Morgan fingerprint density at radius 1 is 0.554 bits per heavy atom. The first kappa shape index (κ1) is 56.9. The van der Waals surface area contributed by atoms with Crippen molar-refractivity contribution in [2.24, 2.45) is 0 Å². The minimum Gasteiger partial charge on any atom is -1.00 e. The van der Waals surface area contributed by atoms with Gasteiger partial charge in [-0.15, -0.1) is 26.2 Å². The largest absolute Gasteiger partial charge is 2.00 e. The maximum absolute atomic E-state index is 5.85. The molecule has 0 spiro atoms. The Hall–Kier alpha value is -4.19. The molecule has 6 nitrogen and oxygen atoms in total. The van der Waals surface area contributed by atoms with Crippen LogP contribution in [0.2, 0.25) is 0 Å². The van der Waals surface area contributed by atoms with Crippen LogP contribution in [-0.4, -0.2) is 53.7 Å². The van der Waals surface area contributed by atoms with Crippen LogP contribution >= 0.6 is 0 Å². The maximum Gasteiger partial charge on any atom is 2.00 e. The summed E-state index contributed by atoms with van der Waals surface area (Å²) in [5.74, 6) is -0.528. The van der Waals surface area contributed by atoms with Crippen LogP contribution in [0.1, 0.15) is 78.8 Å². The molecule has 1 fully saturated rings. The molecule has 6 aromatic rings. The third-order valence-corrected chi connectivity index (χ3v) is 9.96. The molecule has 0 amide bonds. The molecule has 1 aliphatic rings. The summed E-state index contributed by atoms with van der Waals surface area (Å²) < 4.78 is 5.47. The zero-order chi connectivity index (χ0) is 44.3. The van der Waals surface area contributed by atoms with Gasteiger partial charge in [-0.3, -0.25) is 4.84 Å². The minimum atomic E-state index is -0.528. The molecule has 1 saturated heterocycles. The van der Waals surface area contributed by atoms with Gasteiger partial charge in [-0.2, -0.15) is 5.06 Å². The first-order chi connectivity index (χ1) is 31.0. The van der Waals surface area contributed by atoms with Crippen LogP contribution < -0.4 is 17.0 Å². The van der Waals surface area contributed by atoms with Gasteiger partial charge in [0.2, 0.25) is 0 Å². The number of aryl methyl sites for hydroxylation is 2. The van der Waals surface area contributed by atoms with E-state index in [1.807, 2.05) is 66.6 Å². The fourth-order valence-corrected chi connectivity index (χ4v) is 6.53. The molecule has 65 heavy (non-hydrogen) atoms. The first-order valence-corrected chi connectivity index (χ1v) is 22.5. The summed E-state index contributed by atoms with van der Waals surface area (Å²) in [5.41, 5.74) is 7.92. The molecule has 1 unspecified atom stereocenters. The van der Waals surface area contributed by atoms with E-state index in [1.54, 1.807) is 6.08 Å². The number of rotatable bonds is 21. The topological polar surface area (TPSA) is 54.3 Å². The molecule has 0 N–H and O–H groups in total. The number of benzene rings is 6. The van der Waals surface area contributed by atoms with Crippen molar-refractivity contribution in [1.82, 2.24) is 5.06 Å². The standard InChI is InChI=1S/C18H21NO.C15H16.C14H14N.C10H18O3.BrH.Mg/c1-2-3-14-20-19(15-17-10-6-4-7-11-17)16-18-12-8-5-9-13-18;1-3-8-14(9-4-1)12-7-13-15-10-5-2-6-11-15;1-3-7-13(8-4-1)11-15-12-14-9-5-2-6-10-14;1-3-4-9-12-13-10(2)7-5-6-8-11-10;;/h2,4-13H,1,3,14-16H2;1-6,8-11H,7,12-13H2;1-10H,11-12H2;3H,1,4-9H2,2H3;1H;/q;;-1;;;+2/p-1. The van der Waals surface area contributed by atoms with E-state index in [0.717, 1.165) is 64.9 Å². The van der Waals surface area contributed by atoms with Crippen LogP contribution in [0.3, 0.4) is 0 Å². The first-order valence-electron chi connectivity index (χ1n) is 22.5. The SMILES string of the molecule is C=CCCON(Cc1ccccc1)Cc1ccccc1.C=CCCOOC1(C)CCCCO1.[Br-].[Mg+2].c1ccc(CCCc2ccccc2)cc1.c1ccc(C[N-]Cc2ccccc2)cc1. The third kappa shape index (κ3) is 27.1. The van der Waals surface area contributed by atoms with Crippen LogP contribution in [0.5, 0.6) is 0 Å². The summed E-state index contributed by atoms with van der Waals surface area (Å²) in [4.78, 5) is 16.1. The van der Waals surface area contributed by atoms with Gasteiger partial charge in [0.15, 0.2) is 5.79 Å². The Bertz CT molecular complexity index is 1790. The van der Waals surface area contributed by atoms with Gasteiger partial charge in [0.25, 0.3) is 0 Å². The van der Waals surface area contributed by atoms with Gasteiger partial charge in [0.1, 0.15) is 0 Å². The number of hydrogen-bond donors (Lipinski definition) is 0. The normalized spacial score (nSPS) is 13.7. The molecule has 1 aliphatic heterocycles. The second kappa shape index (κ2) is 37.0. The van der Waals surface area contributed by atoms with Crippen molar-refractivity contribution in [1.29, 1.82) is 0 Å². The summed E-state index contributed by atoms with van der Waals surface area (Å²) in [6.45, 7) is 14.4. The molecule has 0 aromatic heterocycles. The van der Waals surface area contributed by atoms with Crippen molar-refractivity contribution in [3.05, 3.63) is 246 Å². The molecule has 6 aromatic carbocycles. The predicted molar refractivity (Wildman–Crippen MR) is 267 cm³/mol. The number of ether oxygens (including phenoxy) is 1. The Kier molecular flexibility index (Phi) is 32.4. The molecule has 8 heteroatoms. The number of hydrogen-bond acceptors (Lipinski definition) is 5. The van der Waals surface area contributed by atoms with Crippen LogP contribution in [-0.2, 0) is 58.4 Å². The third-order valence-electron chi connectivity index (χ3n) is 9.96. The molecule has 1 heterocycles. The Morgan fingerprint density at radius 3 is 1.32 bits per heavy atom. The van der Waals surface area contributed by atoms with Crippen molar-refractivity contribution < 1.29 is 36.3 Å². The maximum atomic E-state index is 5.85. The van der Waals surface area contributed by atoms with Crippen LogP contribution in [0.4, 0.5) is 0 Å². The fourth-order valence-electron chi connectivity index (χ4n) is 6.53. The molecule has 0 saturated carbocycles. The number of nitrogens with zero attached hydrogens (tertiary/aromatic N) is 2. The molecule has 0 aliphatic carbocycles. The summed E-state index contributed by atoms with van der Waals surface area (Å²) in [7, 11) is 0. The van der Waals surface area contributed by atoms with Crippen LogP contribution in [0.15, 0.2) is 207 Å². The van der Waals surface area contributed by atoms with Crippen molar-refractivity contribution in [2.75, 3.05) is 19.8 Å². The Labute approximate surface area is 417 Å². The number of hydroxylamine groups is 2. The van der Waals surface area contributed by atoms with Gasteiger partial charge < -0.3 is 27.0 Å². The van der Waals surface area contributed by atoms with Gasteiger partial charge in [0.05, 0.1) is 19.8 Å². The summed E-state index contributed by atoms with van der Waals surface area (Å²) in [5, 5.41) is 6.52. The smallest absolute Gasteiger partial charge is 1.00 e. The second-order valence-electron chi connectivity index (χ2n) is 15.4. The van der Waals surface area contributed by atoms with Crippen LogP contribution in [0.25, 0.3) is 5.32 Å². The van der Waals surface area contributed by atoms with Crippen LogP contribution in [0, 0.1) is 0 Å². The van der Waals surface area contributed by atoms with Gasteiger partial charge in [-0.25, -0.2) is 9.78 Å². The zero-order valence-corrected chi connectivity index (χ0v) is 41.6. The Morgan fingerprint density at radius 2 is 0.938 bits per heavy atom. The van der Waals surface area contributed by atoms with E-state index in [0.29, 0.717) is 13.2 Å². The average molecular weight is 950 g/mol. The number of halogens is 1. The van der Waals surface area contributed by atoms with E-state index >= 15 is 0 Å². The van der Waals surface area contributed by atoms with E-state index in [-0.39, 0.29) is 40.0 Å². The minimum absolute atomic E-state index is 0. The van der Waals surface area contributed by atoms with Crippen molar-refractivity contribution in [3.63, 3.8) is 0 Å². The Balaban J connectivity index is 0.000000298. The van der Waals surface area contributed by atoms with E-state index < -0.39 is 5.79 Å². The summed E-state index contributed by atoms with van der Waals surface area (Å²) >= 11 is 0. The van der Waals surface area contributed by atoms with Crippen molar-refractivity contribution in [3.8, 4) is 0 Å². The van der Waals surface area contributed by atoms with Gasteiger partial charge in [-0.1, -0.05) is 205 Å². The molecule has 7 rings (SSSR count). The van der Waals surface area contributed by atoms with Gasteiger partial charge in [0, 0.05) is 19.5 Å². The summed E-state index contributed by atoms with van der Waals surface area (Å²) in [6.07, 6.45) is 12.1. The summed E-state index contributed by atoms with van der Waals surface area (Å²) in [6, 6.07) is 62.8. The molecule has 340 valence electrons. The van der Waals surface area contributed by atoms with Gasteiger partial charge in [-0.05, 0) is 74.1 Å². The molecule has 0 bridgehead atoms. The zero-order valence-electron chi connectivity index (χ0n) is 38.6. The van der Waals surface area contributed by atoms with Crippen molar-refractivity contribution in [2.45, 2.75) is 90.3 Å². The second-order valence-corrected chi connectivity index (χ2v) is 15.4. The molecular formula is C57H69BrMgN2O4. The van der Waals surface area contributed by atoms with E-state index in [9.17, 15) is 0 Å². The van der Waals surface area contributed by atoms with E-state index in [2.05, 4.69) is 152 Å². The quantitative estimate of drug-likeness (QED) is 0.0237. The fraction of sp³-hybridized carbons (Fsp3) is 0.298. The predicted octanol–water partition coefficient (Wildman–Crippen LogP) is 10.9. The molecular weight excluding hydrogens is 881 g/mol. The average Bonchev–Trinajstić information content (AvgIpc) is 3.33. The molecule has 1 atom stereocenters. The monoisotopic (exact) mass is 948 g/mol. The molecule has 0 radical (unpaired) electrons. The van der Waals surface area contributed by atoms with Gasteiger partial charge >= 0.3 is 23.1 Å². The van der Waals surface area contributed by atoms with E-state index in [4.69, 9.17) is 19.3 Å². The van der Waals surface area contributed by atoms with E-state index in [1.165, 1.54) is 52.6 Å².